The first-order valence-corrected chi connectivity index (χ1v) is 6.42. The molecule has 0 bridgehead atoms. The molecule has 0 aromatic heterocycles. The van der Waals surface area contributed by atoms with Crippen LogP contribution in [0.2, 0.25) is 0 Å². The third kappa shape index (κ3) is 2.85. The summed E-state index contributed by atoms with van der Waals surface area (Å²) in [6.07, 6.45) is -0.626. The summed E-state index contributed by atoms with van der Waals surface area (Å²) in [4.78, 5) is 0. The molecule has 0 spiro atoms. The Morgan fingerprint density at radius 3 is 2.00 bits per heavy atom. The van der Waals surface area contributed by atoms with Crippen molar-refractivity contribution in [1.29, 1.82) is 0 Å². The standard InChI is InChI=1S/C17H19FO/c1-12-4-6-13(7-5-12)16(19)17(2,3)14-8-10-15(18)11-9-14/h4-11,16,19H,1-3H3. The van der Waals surface area contributed by atoms with E-state index in [9.17, 15) is 9.50 Å². The number of halogens is 1. The molecule has 0 saturated heterocycles. The summed E-state index contributed by atoms with van der Waals surface area (Å²) >= 11 is 0. The molecule has 1 nitrogen and oxygen atoms in total. The van der Waals surface area contributed by atoms with E-state index in [1.54, 1.807) is 12.1 Å². The van der Waals surface area contributed by atoms with Gasteiger partial charge in [0.15, 0.2) is 0 Å². The van der Waals surface area contributed by atoms with Gasteiger partial charge in [0.05, 0.1) is 6.10 Å². The van der Waals surface area contributed by atoms with Crippen LogP contribution < -0.4 is 0 Å². The Balaban J connectivity index is 2.32. The van der Waals surface area contributed by atoms with E-state index in [4.69, 9.17) is 0 Å². The summed E-state index contributed by atoms with van der Waals surface area (Å²) < 4.78 is 13.0. The summed E-state index contributed by atoms with van der Waals surface area (Å²) in [6, 6.07) is 14.2. The van der Waals surface area contributed by atoms with Crippen molar-refractivity contribution in [3.8, 4) is 0 Å². The van der Waals surface area contributed by atoms with Gasteiger partial charge in [0.25, 0.3) is 0 Å². The molecule has 0 aliphatic heterocycles. The fraction of sp³-hybridized carbons (Fsp3) is 0.294. The van der Waals surface area contributed by atoms with E-state index < -0.39 is 11.5 Å². The number of rotatable bonds is 3. The second-order valence-electron chi connectivity index (χ2n) is 5.54. The molecule has 2 aromatic carbocycles. The van der Waals surface area contributed by atoms with Crippen LogP contribution in [0.1, 0.15) is 36.6 Å². The lowest BCUT2D eigenvalue weighted by atomic mass is 9.76. The Labute approximate surface area is 113 Å². The van der Waals surface area contributed by atoms with Crippen LogP contribution in [0.25, 0.3) is 0 Å². The number of aliphatic hydroxyl groups excluding tert-OH is 1. The second-order valence-corrected chi connectivity index (χ2v) is 5.54. The van der Waals surface area contributed by atoms with Crippen LogP contribution in [0, 0.1) is 12.7 Å². The Kier molecular flexibility index (Phi) is 3.72. The molecule has 1 atom stereocenters. The number of benzene rings is 2. The molecule has 0 radical (unpaired) electrons. The van der Waals surface area contributed by atoms with Gasteiger partial charge in [-0.25, -0.2) is 4.39 Å². The number of aliphatic hydroxyl groups is 1. The lowest BCUT2D eigenvalue weighted by Crippen LogP contribution is -2.26. The van der Waals surface area contributed by atoms with Crippen molar-refractivity contribution in [2.24, 2.45) is 0 Å². The monoisotopic (exact) mass is 258 g/mol. The highest BCUT2D eigenvalue weighted by Crippen LogP contribution is 2.36. The number of hydrogen-bond acceptors (Lipinski definition) is 1. The Morgan fingerprint density at radius 2 is 1.47 bits per heavy atom. The molecular weight excluding hydrogens is 239 g/mol. The van der Waals surface area contributed by atoms with Crippen LogP contribution in [0.3, 0.4) is 0 Å². The van der Waals surface area contributed by atoms with Crippen molar-refractivity contribution < 1.29 is 9.50 Å². The highest BCUT2D eigenvalue weighted by molar-refractivity contribution is 5.32. The zero-order valence-corrected chi connectivity index (χ0v) is 11.5. The predicted molar refractivity (Wildman–Crippen MR) is 75.6 cm³/mol. The third-order valence-corrected chi connectivity index (χ3v) is 3.66. The van der Waals surface area contributed by atoms with Crippen molar-refractivity contribution in [3.05, 3.63) is 71.0 Å². The van der Waals surface area contributed by atoms with Gasteiger partial charge in [0, 0.05) is 5.41 Å². The van der Waals surface area contributed by atoms with Gasteiger partial charge >= 0.3 is 0 Å². The largest absolute Gasteiger partial charge is 0.388 e. The molecule has 0 fully saturated rings. The summed E-state index contributed by atoms with van der Waals surface area (Å²) in [5.74, 6) is -0.260. The summed E-state index contributed by atoms with van der Waals surface area (Å²) in [5, 5.41) is 10.6. The highest BCUT2D eigenvalue weighted by Gasteiger charge is 2.30. The topological polar surface area (TPSA) is 20.2 Å². The molecule has 19 heavy (non-hydrogen) atoms. The molecule has 2 aromatic rings. The number of hydrogen-bond donors (Lipinski definition) is 1. The van der Waals surface area contributed by atoms with E-state index in [1.165, 1.54) is 12.1 Å². The molecule has 2 rings (SSSR count). The zero-order chi connectivity index (χ0) is 14.0. The Bertz CT molecular complexity index is 540. The van der Waals surface area contributed by atoms with Gasteiger partial charge in [-0.15, -0.1) is 0 Å². The Hall–Kier alpha value is -1.67. The quantitative estimate of drug-likeness (QED) is 0.877. The average molecular weight is 258 g/mol. The van der Waals surface area contributed by atoms with Gasteiger partial charge in [-0.1, -0.05) is 55.8 Å². The minimum Gasteiger partial charge on any atom is -0.388 e. The molecule has 1 N–H and O–H groups in total. The van der Waals surface area contributed by atoms with Crippen molar-refractivity contribution in [3.63, 3.8) is 0 Å². The lowest BCUT2D eigenvalue weighted by molar-refractivity contribution is 0.100. The molecule has 0 aliphatic rings. The molecule has 0 heterocycles. The van der Waals surface area contributed by atoms with Crippen LogP contribution in [-0.4, -0.2) is 5.11 Å². The fourth-order valence-electron chi connectivity index (χ4n) is 2.20. The van der Waals surface area contributed by atoms with Crippen molar-refractivity contribution >= 4 is 0 Å². The third-order valence-electron chi connectivity index (χ3n) is 3.66. The van der Waals surface area contributed by atoms with E-state index in [0.29, 0.717) is 0 Å². The Morgan fingerprint density at radius 1 is 0.947 bits per heavy atom. The molecule has 0 aliphatic carbocycles. The minimum atomic E-state index is -0.626. The van der Waals surface area contributed by atoms with Crippen LogP contribution in [0.15, 0.2) is 48.5 Å². The van der Waals surface area contributed by atoms with Gasteiger partial charge in [-0.05, 0) is 30.2 Å². The predicted octanol–water partition coefficient (Wildman–Crippen LogP) is 4.15. The maximum atomic E-state index is 13.0. The van der Waals surface area contributed by atoms with Crippen LogP contribution in [0.5, 0.6) is 0 Å². The molecule has 0 saturated carbocycles. The SMILES string of the molecule is Cc1ccc(C(O)C(C)(C)c2ccc(F)cc2)cc1. The zero-order valence-electron chi connectivity index (χ0n) is 11.5. The normalized spacial score (nSPS) is 13.3. The molecule has 1 unspecified atom stereocenters. The van der Waals surface area contributed by atoms with Crippen LogP contribution in [-0.2, 0) is 5.41 Å². The first-order chi connectivity index (χ1) is 8.91. The molecule has 100 valence electrons. The lowest BCUT2D eigenvalue weighted by Gasteiger charge is -2.31. The smallest absolute Gasteiger partial charge is 0.123 e. The van der Waals surface area contributed by atoms with Gasteiger partial charge in [0.1, 0.15) is 5.82 Å². The van der Waals surface area contributed by atoms with Gasteiger partial charge in [-0.2, -0.15) is 0 Å². The first-order valence-electron chi connectivity index (χ1n) is 6.42. The highest BCUT2D eigenvalue weighted by atomic mass is 19.1. The van der Waals surface area contributed by atoms with Gasteiger partial charge < -0.3 is 5.11 Å². The van der Waals surface area contributed by atoms with Gasteiger partial charge in [0.2, 0.25) is 0 Å². The second kappa shape index (κ2) is 5.14. The van der Waals surface area contributed by atoms with Crippen LogP contribution >= 0.6 is 0 Å². The van der Waals surface area contributed by atoms with Gasteiger partial charge in [-0.3, -0.25) is 0 Å². The average Bonchev–Trinajstić information content (AvgIpc) is 2.39. The van der Waals surface area contributed by atoms with Crippen LogP contribution in [0.4, 0.5) is 4.39 Å². The summed E-state index contributed by atoms with van der Waals surface area (Å²) in [7, 11) is 0. The molecule has 2 heteroatoms. The van der Waals surface area contributed by atoms with Crippen molar-refractivity contribution in [2.75, 3.05) is 0 Å². The van der Waals surface area contributed by atoms with E-state index in [2.05, 4.69) is 0 Å². The van der Waals surface area contributed by atoms with Crippen molar-refractivity contribution in [2.45, 2.75) is 32.3 Å². The van der Waals surface area contributed by atoms with Crippen molar-refractivity contribution in [1.82, 2.24) is 0 Å². The first kappa shape index (κ1) is 13.8. The van der Waals surface area contributed by atoms with E-state index >= 15 is 0 Å². The summed E-state index contributed by atoms with van der Waals surface area (Å²) in [5.41, 5.74) is 2.49. The van der Waals surface area contributed by atoms with E-state index in [0.717, 1.165) is 16.7 Å². The summed E-state index contributed by atoms with van der Waals surface area (Å²) in [6.45, 7) is 5.94. The maximum Gasteiger partial charge on any atom is 0.123 e. The van der Waals surface area contributed by atoms with E-state index in [-0.39, 0.29) is 5.82 Å². The molecular formula is C17H19FO. The number of aryl methyl sites for hydroxylation is 1. The van der Waals surface area contributed by atoms with E-state index in [1.807, 2.05) is 45.0 Å². The fourth-order valence-corrected chi connectivity index (χ4v) is 2.20. The minimum absolute atomic E-state index is 0.260. The molecule has 0 amide bonds. The maximum absolute atomic E-state index is 13.0.